The molecule has 1 aliphatic heterocycles. The van der Waals surface area contributed by atoms with E-state index in [-0.39, 0.29) is 17.8 Å². The highest BCUT2D eigenvalue weighted by Crippen LogP contribution is 2.20. The summed E-state index contributed by atoms with van der Waals surface area (Å²) in [6.45, 7) is 1.42. The summed E-state index contributed by atoms with van der Waals surface area (Å²) < 4.78 is 12.3. The van der Waals surface area contributed by atoms with Crippen LogP contribution in [0.2, 0.25) is 0 Å². The second-order valence-electron chi connectivity index (χ2n) is 4.81. The fraction of sp³-hybridized carbons (Fsp3) is 0.636. The lowest BCUT2D eigenvalue weighted by molar-refractivity contribution is 0.0690. The third kappa shape index (κ3) is 4.00. The van der Waals surface area contributed by atoms with Crippen molar-refractivity contribution < 1.29 is 18.9 Å². The molecule has 0 radical (unpaired) electrons. The first kappa shape index (κ1) is 15.4. The monoisotopic (exact) mass is 315 g/mol. The first-order valence-electron chi connectivity index (χ1n) is 6.45. The van der Waals surface area contributed by atoms with Crippen LogP contribution in [0.1, 0.15) is 23.0 Å². The minimum atomic E-state index is -1.12. The smallest absolute Gasteiger partial charge is 0.358 e. The maximum atomic E-state index is 11.8. The maximum Gasteiger partial charge on any atom is 0.358 e. The van der Waals surface area contributed by atoms with Crippen molar-refractivity contribution in [1.82, 2.24) is 25.2 Å². The molecule has 1 fully saturated rings. The number of aromatic nitrogens is 3. The third-order valence-electron chi connectivity index (χ3n) is 3.14. The van der Waals surface area contributed by atoms with E-state index in [1.165, 1.54) is 10.9 Å². The molecule has 2 heterocycles. The van der Waals surface area contributed by atoms with Gasteiger partial charge in [0.15, 0.2) is 5.69 Å². The molecule has 1 aromatic heterocycles. The number of amides is 2. The summed E-state index contributed by atoms with van der Waals surface area (Å²) >= 11 is 0. The molecule has 0 aromatic carbocycles. The number of urea groups is 1. The van der Waals surface area contributed by atoms with Crippen molar-refractivity contribution >= 4 is 22.8 Å². The second kappa shape index (κ2) is 6.66. The van der Waals surface area contributed by atoms with E-state index in [0.29, 0.717) is 31.8 Å². The molecular weight excluding hydrogens is 298 g/mol. The Morgan fingerprint density at radius 2 is 2.24 bits per heavy atom. The van der Waals surface area contributed by atoms with Gasteiger partial charge in [-0.05, 0) is 6.42 Å². The summed E-state index contributed by atoms with van der Waals surface area (Å²) in [7, 11) is -0.842. The first-order valence-corrected chi connectivity index (χ1v) is 8.18. The number of carboxylic acid groups (broad SMARTS) is 1. The Balaban J connectivity index is 1.71. The molecule has 9 nitrogen and oxygen atoms in total. The molecule has 0 aliphatic carbocycles. The van der Waals surface area contributed by atoms with Crippen LogP contribution in [0.5, 0.6) is 0 Å². The Kier molecular flexibility index (Phi) is 4.89. The zero-order valence-electron chi connectivity index (χ0n) is 11.6. The SMILES string of the molecule is CS(=O)CCCNC(=O)N1CC(n2cc(C(=O)O)nn2)C1. The molecule has 2 amide bonds. The highest BCUT2D eigenvalue weighted by molar-refractivity contribution is 7.84. The van der Waals surface area contributed by atoms with Crippen LogP contribution >= 0.6 is 0 Å². The Morgan fingerprint density at radius 3 is 2.81 bits per heavy atom. The molecule has 2 N–H and O–H groups in total. The number of nitrogens with one attached hydrogen (secondary N) is 1. The number of carboxylic acids is 1. The molecular formula is C11H17N5O4S. The van der Waals surface area contributed by atoms with Crippen LogP contribution in [0.3, 0.4) is 0 Å². The van der Waals surface area contributed by atoms with E-state index in [2.05, 4.69) is 15.6 Å². The molecule has 2 rings (SSSR count). The average molecular weight is 315 g/mol. The van der Waals surface area contributed by atoms with E-state index in [4.69, 9.17) is 5.11 Å². The van der Waals surface area contributed by atoms with E-state index in [1.807, 2.05) is 0 Å². The average Bonchev–Trinajstić information content (AvgIpc) is 2.82. The summed E-state index contributed by atoms with van der Waals surface area (Å²) in [6.07, 6.45) is 3.67. The Hall–Kier alpha value is -1.97. The molecule has 1 aromatic rings. The van der Waals surface area contributed by atoms with Gasteiger partial charge in [0.25, 0.3) is 0 Å². The quantitative estimate of drug-likeness (QED) is 0.671. The van der Waals surface area contributed by atoms with Crippen LogP contribution < -0.4 is 5.32 Å². The van der Waals surface area contributed by atoms with E-state index >= 15 is 0 Å². The molecule has 1 aliphatic rings. The minimum absolute atomic E-state index is 0.0421. The topological polar surface area (TPSA) is 117 Å². The third-order valence-corrected chi connectivity index (χ3v) is 4.00. The largest absolute Gasteiger partial charge is 0.476 e. The van der Waals surface area contributed by atoms with Crippen LogP contribution in [0, 0.1) is 0 Å². The first-order chi connectivity index (χ1) is 9.97. The molecule has 1 unspecified atom stereocenters. The van der Waals surface area contributed by atoms with Crippen LogP contribution in [-0.4, -0.2) is 72.9 Å². The van der Waals surface area contributed by atoms with Gasteiger partial charge >= 0.3 is 12.0 Å². The molecule has 10 heteroatoms. The van der Waals surface area contributed by atoms with Crippen LogP contribution in [0.25, 0.3) is 0 Å². The van der Waals surface area contributed by atoms with Gasteiger partial charge < -0.3 is 15.3 Å². The van der Waals surface area contributed by atoms with Gasteiger partial charge in [-0.1, -0.05) is 5.21 Å². The van der Waals surface area contributed by atoms with Gasteiger partial charge in [-0.3, -0.25) is 4.21 Å². The van der Waals surface area contributed by atoms with Gasteiger partial charge in [0, 0.05) is 42.4 Å². The summed E-state index contributed by atoms with van der Waals surface area (Å²) in [4.78, 5) is 24.1. The van der Waals surface area contributed by atoms with E-state index < -0.39 is 16.8 Å². The standard InChI is InChI=1S/C11H17N5O4S/c1-21(20)4-2-3-12-11(19)15-5-8(6-15)16-7-9(10(17)18)13-14-16/h7-8H,2-6H2,1H3,(H,12,19)(H,17,18). The van der Waals surface area contributed by atoms with Gasteiger partial charge in [0.05, 0.1) is 12.2 Å². The zero-order valence-corrected chi connectivity index (χ0v) is 12.4. The van der Waals surface area contributed by atoms with Crippen molar-refractivity contribution in [2.24, 2.45) is 0 Å². The lowest BCUT2D eigenvalue weighted by Crippen LogP contribution is -2.54. The predicted octanol–water partition coefficient (Wildman–Crippen LogP) is -0.689. The number of rotatable bonds is 6. The number of hydrogen-bond acceptors (Lipinski definition) is 5. The lowest BCUT2D eigenvalue weighted by Gasteiger charge is -2.38. The fourth-order valence-corrected chi connectivity index (χ4v) is 2.48. The maximum absolute atomic E-state index is 11.8. The summed E-state index contributed by atoms with van der Waals surface area (Å²) in [6, 6.07) is -0.216. The van der Waals surface area contributed by atoms with Crippen molar-refractivity contribution in [3.8, 4) is 0 Å². The normalized spacial score (nSPS) is 16.3. The minimum Gasteiger partial charge on any atom is -0.476 e. The summed E-state index contributed by atoms with van der Waals surface area (Å²) in [5, 5.41) is 18.8. The molecule has 1 saturated heterocycles. The van der Waals surface area contributed by atoms with E-state index in [9.17, 15) is 13.8 Å². The van der Waals surface area contributed by atoms with Crippen LogP contribution in [0.4, 0.5) is 4.79 Å². The highest BCUT2D eigenvalue weighted by Gasteiger charge is 2.32. The molecule has 116 valence electrons. The van der Waals surface area contributed by atoms with Crippen molar-refractivity contribution in [2.75, 3.05) is 31.6 Å². The number of carbonyl (C=O) groups excluding carboxylic acids is 1. The zero-order chi connectivity index (χ0) is 15.4. The summed E-state index contributed by atoms with van der Waals surface area (Å²) in [5.74, 6) is -0.553. The highest BCUT2D eigenvalue weighted by atomic mass is 32.2. The fourth-order valence-electron chi connectivity index (χ4n) is 1.92. The Morgan fingerprint density at radius 1 is 1.52 bits per heavy atom. The molecule has 0 saturated carbocycles. The van der Waals surface area contributed by atoms with Gasteiger partial charge in [0.1, 0.15) is 0 Å². The van der Waals surface area contributed by atoms with Crippen LogP contribution in [0.15, 0.2) is 6.20 Å². The lowest BCUT2D eigenvalue weighted by atomic mass is 10.1. The molecule has 0 bridgehead atoms. The van der Waals surface area contributed by atoms with Crippen molar-refractivity contribution in [3.63, 3.8) is 0 Å². The Bertz CT molecular complexity index is 555. The molecule has 21 heavy (non-hydrogen) atoms. The summed E-state index contributed by atoms with van der Waals surface area (Å²) in [5.41, 5.74) is -0.106. The predicted molar refractivity (Wildman–Crippen MR) is 74.5 cm³/mol. The number of likely N-dealkylation sites (tertiary alicyclic amines) is 1. The molecule has 1 atom stereocenters. The van der Waals surface area contributed by atoms with Crippen molar-refractivity contribution in [3.05, 3.63) is 11.9 Å². The Labute approximate surface area is 123 Å². The van der Waals surface area contributed by atoms with Gasteiger partial charge in [0.2, 0.25) is 0 Å². The van der Waals surface area contributed by atoms with Crippen LogP contribution in [-0.2, 0) is 10.8 Å². The van der Waals surface area contributed by atoms with Crippen molar-refractivity contribution in [1.29, 1.82) is 0 Å². The van der Waals surface area contributed by atoms with E-state index in [0.717, 1.165) is 0 Å². The van der Waals surface area contributed by atoms with E-state index in [1.54, 1.807) is 11.2 Å². The number of nitrogens with zero attached hydrogens (tertiary/aromatic N) is 4. The van der Waals surface area contributed by atoms with Gasteiger partial charge in [-0.2, -0.15) is 0 Å². The van der Waals surface area contributed by atoms with Gasteiger partial charge in [-0.15, -0.1) is 5.10 Å². The van der Waals surface area contributed by atoms with Crippen molar-refractivity contribution in [2.45, 2.75) is 12.5 Å². The number of aromatic carboxylic acids is 1. The van der Waals surface area contributed by atoms with Gasteiger partial charge in [-0.25, -0.2) is 14.3 Å². The number of carbonyl (C=O) groups is 2. The second-order valence-corrected chi connectivity index (χ2v) is 6.37. The molecule has 0 spiro atoms. The number of hydrogen-bond donors (Lipinski definition) is 2.